The first-order valence-corrected chi connectivity index (χ1v) is 13.8. The fourth-order valence-corrected chi connectivity index (χ4v) is 6.16. The minimum absolute atomic E-state index is 0.215. The Hall–Kier alpha value is -1.01. The third-order valence-corrected chi connectivity index (χ3v) is 8.49. The van der Waals surface area contributed by atoms with Gasteiger partial charge in [0.15, 0.2) is 0 Å². The van der Waals surface area contributed by atoms with E-state index in [1.807, 2.05) is 30.3 Å². The zero-order valence-corrected chi connectivity index (χ0v) is 22.2. The van der Waals surface area contributed by atoms with Gasteiger partial charge in [0.25, 0.3) is 0 Å². The van der Waals surface area contributed by atoms with Crippen molar-refractivity contribution in [3.05, 3.63) is 63.1 Å². The Bertz CT molecular complexity index is 957. The van der Waals surface area contributed by atoms with Gasteiger partial charge in [-0.25, -0.2) is 0 Å². The molecule has 0 radical (unpaired) electrons. The van der Waals surface area contributed by atoms with Crippen LogP contribution in [0.15, 0.2) is 42.5 Å². The van der Waals surface area contributed by atoms with Crippen molar-refractivity contribution >= 4 is 40.5 Å². The minimum atomic E-state index is 0.215. The van der Waals surface area contributed by atoms with Crippen molar-refractivity contribution in [3.8, 4) is 0 Å². The zero-order valence-electron chi connectivity index (χ0n) is 20.0. The number of anilines is 1. The number of halogens is 3. The molecule has 0 spiro atoms. The third-order valence-electron chi connectivity index (χ3n) is 7.70. The maximum absolute atomic E-state index is 6.64. The van der Waals surface area contributed by atoms with Gasteiger partial charge in [-0.2, -0.15) is 0 Å². The van der Waals surface area contributed by atoms with Crippen LogP contribution in [0.3, 0.4) is 0 Å². The SMILES string of the molecule is CC(CN1CCN(c2ccc(Cl)cc2Cl)[C@H](c2ccc(Cl)cc2)C1)N1CCN(CC2CC2)CC1. The van der Waals surface area contributed by atoms with Crippen LogP contribution in [0.5, 0.6) is 0 Å². The van der Waals surface area contributed by atoms with Crippen LogP contribution in [0, 0.1) is 5.92 Å². The molecule has 4 nitrogen and oxygen atoms in total. The molecule has 0 bridgehead atoms. The number of benzene rings is 2. The molecular formula is C27H35Cl3N4. The van der Waals surface area contributed by atoms with Gasteiger partial charge in [-0.15, -0.1) is 0 Å². The summed E-state index contributed by atoms with van der Waals surface area (Å²) in [7, 11) is 0. The molecule has 0 amide bonds. The van der Waals surface area contributed by atoms with Gasteiger partial charge in [0.05, 0.1) is 16.8 Å². The van der Waals surface area contributed by atoms with Crippen LogP contribution in [0.4, 0.5) is 5.69 Å². The van der Waals surface area contributed by atoms with E-state index < -0.39 is 0 Å². The molecule has 0 N–H and O–H groups in total. The molecule has 0 aromatic heterocycles. The molecule has 1 saturated carbocycles. The lowest BCUT2D eigenvalue weighted by Crippen LogP contribution is -2.55. The summed E-state index contributed by atoms with van der Waals surface area (Å²) in [5, 5.41) is 2.14. The first kappa shape index (κ1) is 24.7. The number of hydrogen-bond donors (Lipinski definition) is 0. The standard InChI is InChI=1S/C27H35Cl3N4/c1-20(33-13-10-31(11-14-33)18-21-2-3-21)17-32-12-15-34(26-9-8-24(29)16-25(26)30)27(19-32)22-4-6-23(28)7-5-22/h4-9,16,20-21,27H,2-3,10-15,17-19H2,1H3/t20?,27-/m0/s1. The highest BCUT2D eigenvalue weighted by Gasteiger charge is 2.32. The van der Waals surface area contributed by atoms with E-state index in [0.717, 1.165) is 42.8 Å². The van der Waals surface area contributed by atoms with Gasteiger partial charge >= 0.3 is 0 Å². The van der Waals surface area contributed by atoms with Gasteiger partial charge in [-0.05, 0) is 61.6 Å². The number of nitrogens with zero attached hydrogens (tertiary/aromatic N) is 4. The Morgan fingerprint density at radius 3 is 2.18 bits per heavy atom. The molecule has 34 heavy (non-hydrogen) atoms. The molecule has 7 heteroatoms. The Kier molecular flexibility index (Phi) is 7.94. The highest BCUT2D eigenvalue weighted by molar-refractivity contribution is 6.36. The molecule has 2 aromatic carbocycles. The predicted octanol–water partition coefficient (Wildman–Crippen LogP) is 5.93. The van der Waals surface area contributed by atoms with E-state index in [4.69, 9.17) is 34.8 Å². The second-order valence-corrected chi connectivity index (χ2v) is 11.5. The number of hydrogen-bond acceptors (Lipinski definition) is 4. The molecule has 184 valence electrons. The predicted molar refractivity (Wildman–Crippen MR) is 145 cm³/mol. The molecule has 2 heterocycles. The summed E-state index contributed by atoms with van der Waals surface area (Å²) >= 11 is 19.0. The van der Waals surface area contributed by atoms with Crippen molar-refractivity contribution in [2.45, 2.75) is 31.8 Å². The lowest BCUT2D eigenvalue weighted by molar-refractivity contribution is 0.0753. The average Bonchev–Trinajstić information content (AvgIpc) is 3.64. The second kappa shape index (κ2) is 10.9. The van der Waals surface area contributed by atoms with E-state index in [1.165, 1.54) is 51.1 Å². The van der Waals surface area contributed by atoms with Crippen molar-refractivity contribution < 1.29 is 0 Å². The number of piperazine rings is 2. The van der Waals surface area contributed by atoms with Crippen molar-refractivity contribution in [3.63, 3.8) is 0 Å². The smallest absolute Gasteiger partial charge is 0.0670 e. The van der Waals surface area contributed by atoms with Crippen LogP contribution < -0.4 is 4.90 Å². The van der Waals surface area contributed by atoms with Crippen LogP contribution >= 0.6 is 34.8 Å². The van der Waals surface area contributed by atoms with Gasteiger partial charge in [0.1, 0.15) is 0 Å². The molecule has 2 saturated heterocycles. The van der Waals surface area contributed by atoms with Crippen LogP contribution in [-0.4, -0.2) is 79.6 Å². The van der Waals surface area contributed by atoms with Crippen molar-refractivity contribution in [2.75, 3.05) is 63.8 Å². The van der Waals surface area contributed by atoms with E-state index in [1.54, 1.807) is 0 Å². The zero-order chi connectivity index (χ0) is 23.7. The topological polar surface area (TPSA) is 13.0 Å². The quantitative estimate of drug-likeness (QED) is 0.448. The molecule has 3 fully saturated rings. The van der Waals surface area contributed by atoms with E-state index in [0.29, 0.717) is 16.1 Å². The molecule has 2 aromatic rings. The summed E-state index contributed by atoms with van der Waals surface area (Å²) < 4.78 is 0. The monoisotopic (exact) mass is 520 g/mol. The van der Waals surface area contributed by atoms with E-state index >= 15 is 0 Å². The van der Waals surface area contributed by atoms with Crippen molar-refractivity contribution in [2.24, 2.45) is 5.92 Å². The lowest BCUT2D eigenvalue weighted by atomic mass is 10.0. The van der Waals surface area contributed by atoms with Gasteiger partial charge in [-0.3, -0.25) is 9.80 Å². The lowest BCUT2D eigenvalue weighted by Gasteiger charge is -2.45. The molecule has 5 rings (SSSR count). The first-order valence-electron chi connectivity index (χ1n) is 12.6. The Morgan fingerprint density at radius 1 is 0.824 bits per heavy atom. The Morgan fingerprint density at radius 2 is 1.50 bits per heavy atom. The number of rotatable bonds is 7. The first-order chi connectivity index (χ1) is 16.5. The minimum Gasteiger partial charge on any atom is -0.361 e. The van der Waals surface area contributed by atoms with Crippen molar-refractivity contribution in [1.29, 1.82) is 0 Å². The Labute approximate surface area is 219 Å². The van der Waals surface area contributed by atoms with Crippen LogP contribution in [0.1, 0.15) is 31.4 Å². The maximum Gasteiger partial charge on any atom is 0.0670 e. The van der Waals surface area contributed by atoms with E-state index in [2.05, 4.69) is 38.7 Å². The normalized spacial score (nSPS) is 23.9. The fourth-order valence-electron chi connectivity index (χ4n) is 5.52. The van der Waals surface area contributed by atoms with Crippen LogP contribution in [0.25, 0.3) is 0 Å². The molecule has 1 aliphatic carbocycles. The van der Waals surface area contributed by atoms with Crippen LogP contribution in [0.2, 0.25) is 15.1 Å². The summed E-state index contributed by atoms with van der Waals surface area (Å²) in [6.07, 6.45) is 2.89. The summed E-state index contributed by atoms with van der Waals surface area (Å²) in [6, 6.07) is 14.9. The maximum atomic E-state index is 6.64. The van der Waals surface area contributed by atoms with Gasteiger partial charge in [0, 0.05) is 75.0 Å². The van der Waals surface area contributed by atoms with Gasteiger partial charge in [0.2, 0.25) is 0 Å². The summed E-state index contributed by atoms with van der Waals surface area (Å²) in [5.41, 5.74) is 2.31. The molecule has 1 unspecified atom stereocenters. The summed E-state index contributed by atoms with van der Waals surface area (Å²) in [4.78, 5) is 10.4. The van der Waals surface area contributed by atoms with Gasteiger partial charge < -0.3 is 9.80 Å². The molecule has 3 aliphatic rings. The second-order valence-electron chi connectivity index (χ2n) is 10.2. The third kappa shape index (κ3) is 6.03. The Balaban J connectivity index is 1.25. The highest BCUT2D eigenvalue weighted by atomic mass is 35.5. The average molecular weight is 522 g/mol. The molecule has 2 aliphatic heterocycles. The summed E-state index contributed by atoms with van der Waals surface area (Å²) in [5.74, 6) is 0.985. The van der Waals surface area contributed by atoms with Gasteiger partial charge in [-0.1, -0.05) is 46.9 Å². The molecular weight excluding hydrogens is 487 g/mol. The highest BCUT2D eigenvalue weighted by Crippen LogP contribution is 2.37. The largest absolute Gasteiger partial charge is 0.361 e. The van der Waals surface area contributed by atoms with E-state index in [-0.39, 0.29) is 6.04 Å². The van der Waals surface area contributed by atoms with E-state index in [9.17, 15) is 0 Å². The fraction of sp³-hybridized carbons (Fsp3) is 0.556. The van der Waals surface area contributed by atoms with Crippen molar-refractivity contribution in [1.82, 2.24) is 14.7 Å². The van der Waals surface area contributed by atoms with Crippen LogP contribution in [-0.2, 0) is 0 Å². The summed E-state index contributed by atoms with van der Waals surface area (Å²) in [6.45, 7) is 12.5. The molecule has 2 atom stereocenters.